The Bertz CT molecular complexity index is 844. The topological polar surface area (TPSA) is 64.6 Å². The lowest BCUT2D eigenvalue weighted by Crippen LogP contribution is -2.39. The van der Waals surface area contributed by atoms with Crippen LogP contribution >= 0.6 is 0 Å². The number of carbonyl (C=O) groups is 2. The van der Waals surface area contributed by atoms with Crippen molar-refractivity contribution in [3.63, 3.8) is 0 Å². The van der Waals surface area contributed by atoms with E-state index >= 15 is 0 Å². The van der Waals surface area contributed by atoms with Gasteiger partial charge >= 0.3 is 5.97 Å². The molecule has 0 bridgehead atoms. The molecule has 0 aliphatic heterocycles. The number of ether oxygens (including phenoxy) is 2. The monoisotopic (exact) mass is 395 g/mol. The molecule has 0 spiro atoms. The fourth-order valence-electron chi connectivity index (χ4n) is 3.43. The van der Waals surface area contributed by atoms with Crippen LogP contribution < -0.4 is 10.1 Å². The lowest BCUT2D eigenvalue weighted by Gasteiger charge is -2.27. The third-order valence-corrected chi connectivity index (χ3v) is 5.01. The van der Waals surface area contributed by atoms with Crippen LogP contribution in [0.2, 0.25) is 0 Å². The maximum absolute atomic E-state index is 12.6. The highest BCUT2D eigenvalue weighted by molar-refractivity contribution is 5.92. The maximum atomic E-state index is 12.6. The van der Waals surface area contributed by atoms with E-state index in [1.807, 2.05) is 12.1 Å². The SMILES string of the molecule is CC(C)COc1ccc(C(=O)O[C@@H](C)C(=O)N[C@H]2CCCc3ccccc32)cc1. The highest BCUT2D eigenvalue weighted by Crippen LogP contribution is 2.29. The molecule has 1 N–H and O–H groups in total. The van der Waals surface area contributed by atoms with E-state index in [1.165, 1.54) is 5.56 Å². The van der Waals surface area contributed by atoms with Crippen molar-refractivity contribution in [1.29, 1.82) is 0 Å². The molecule has 29 heavy (non-hydrogen) atoms. The van der Waals surface area contributed by atoms with Crippen LogP contribution in [0.1, 0.15) is 61.1 Å². The van der Waals surface area contributed by atoms with Crippen molar-refractivity contribution in [2.45, 2.75) is 52.2 Å². The molecule has 1 amide bonds. The molecule has 5 heteroatoms. The Balaban J connectivity index is 1.55. The van der Waals surface area contributed by atoms with Crippen molar-refractivity contribution >= 4 is 11.9 Å². The maximum Gasteiger partial charge on any atom is 0.338 e. The van der Waals surface area contributed by atoms with Crippen LogP contribution in [0.3, 0.4) is 0 Å². The van der Waals surface area contributed by atoms with Crippen LogP contribution in [0.4, 0.5) is 0 Å². The lowest BCUT2D eigenvalue weighted by atomic mass is 9.87. The van der Waals surface area contributed by atoms with Gasteiger partial charge < -0.3 is 14.8 Å². The van der Waals surface area contributed by atoms with Crippen LogP contribution in [0.5, 0.6) is 5.75 Å². The molecular formula is C24H29NO4. The summed E-state index contributed by atoms with van der Waals surface area (Å²) in [6, 6.07) is 14.9. The number of nitrogens with one attached hydrogen (secondary N) is 1. The molecule has 0 fully saturated rings. The van der Waals surface area contributed by atoms with Crippen molar-refractivity contribution in [2.75, 3.05) is 6.61 Å². The zero-order valence-electron chi connectivity index (χ0n) is 17.3. The molecule has 0 unspecified atom stereocenters. The highest BCUT2D eigenvalue weighted by atomic mass is 16.5. The number of hydrogen-bond donors (Lipinski definition) is 1. The largest absolute Gasteiger partial charge is 0.493 e. The summed E-state index contributed by atoms with van der Waals surface area (Å²) in [6.45, 7) is 6.36. The Kier molecular flexibility index (Phi) is 6.91. The van der Waals surface area contributed by atoms with Gasteiger partial charge in [0.25, 0.3) is 5.91 Å². The standard InChI is InChI=1S/C24H29NO4/c1-16(2)15-28-20-13-11-19(12-14-20)24(27)29-17(3)23(26)25-22-10-6-8-18-7-4-5-9-21(18)22/h4-5,7,9,11-14,16-17,22H,6,8,10,15H2,1-3H3,(H,25,26)/t17-,22-/m0/s1. The van der Waals surface area contributed by atoms with Gasteiger partial charge in [-0.1, -0.05) is 38.1 Å². The summed E-state index contributed by atoms with van der Waals surface area (Å²) >= 11 is 0. The van der Waals surface area contributed by atoms with Gasteiger partial charge in [0, 0.05) is 0 Å². The molecule has 0 radical (unpaired) electrons. The Morgan fingerprint density at radius 1 is 1.07 bits per heavy atom. The van der Waals surface area contributed by atoms with Crippen molar-refractivity contribution in [3.8, 4) is 5.75 Å². The van der Waals surface area contributed by atoms with Gasteiger partial charge in [-0.3, -0.25) is 4.79 Å². The first kappa shape index (κ1) is 20.9. The van der Waals surface area contributed by atoms with Crippen molar-refractivity contribution in [3.05, 3.63) is 65.2 Å². The van der Waals surface area contributed by atoms with E-state index in [9.17, 15) is 9.59 Å². The molecule has 0 saturated carbocycles. The lowest BCUT2D eigenvalue weighted by molar-refractivity contribution is -0.130. The van der Waals surface area contributed by atoms with E-state index in [-0.39, 0.29) is 11.9 Å². The number of carbonyl (C=O) groups excluding carboxylic acids is 2. The van der Waals surface area contributed by atoms with Crippen LogP contribution in [0.15, 0.2) is 48.5 Å². The van der Waals surface area contributed by atoms with Gasteiger partial charge in [-0.15, -0.1) is 0 Å². The van der Waals surface area contributed by atoms with Crippen LogP contribution in [0, 0.1) is 5.92 Å². The fraction of sp³-hybridized carbons (Fsp3) is 0.417. The average molecular weight is 395 g/mol. The number of esters is 1. The molecule has 0 heterocycles. The number of amides is 1. The van der Waals surface area contributed by atoms with Gasteiger partial charge in [-0.05, 0) is 67.5 Å². The summed E-state index contributed by atoms with van der Waals surface area (Å²) in [4.78, 5) is 25.0. The second-order valence-corrected chi connectivity index (χ2v) is 7.93. The van der Waals surface area contributed by atoms with E-state index in [4.69, 9.17) is 9.47 Å². The van der Waals surface area contributed by atoms with Crippen molar-refractivity contribution in [2.24, 2.45) is 5.92 Å². The second kappa shape index (κ2) is 9.59. The molecule has 2 atom stereocenters. The van der Waals surface area contributed by atoms with Crippen molar-refractivity contribution in [1.82, 2.24) is 5.32 Å². The van der Waals surface area contributed by atoms with Crippen LogP contribution in [-0.2, 0) is 16.0 Å². The molecule has 154 valence electrons. The Labute approximate surface area is 172 Å². The smallest absolute Gasteiger partial charge is 0.338 e. The molecule has 1 aliphatic carbocycles. The molecule has 2 aromatic rings. The predicted octanol–water partition coefficient (Wildman–Crippen LogP) is 4.46. The third-order valence-electron chi connectivity index (χ3n) is 5.01. The average Bonchev–Trinajstić information content (AvgIpc) is 2.72. The first-order chi connectivity index (χ1) is 13.9. The predicted molar refractivity (Wildman–Crippen MR) is 112 cm³/mol. The van der Waals surface area contributed by atoms with Gasteiger partial charge in [0.15, 0.2) is 6.10 Å². The Morgan fingerprint density at radius 3 is 2.52 bits per heavy atom. The van der Waals surface area contributed by atoms with Crippen LogP contribution in [-0.4, -0.2) is 24.6 Å². The number of hydrogen-bond acceptors (Lipinski definition) is 4. The minimum absolute atomic E-state index is 0.0361. The molecule has 0 saturated heterocycles. The van der Waals surface area contributed by atoms with E-state index < -0.39 is 12.1 Å². The second-order valence-electron chi connectivity index (χ2n) is 7.93. The summed E-state index contributed by atoms with van der Waals surface area (Å²) < 4.78 is 11.0. The molecule has 0 aromatic heterocycles. The van der Waals surface area contributed by atoms with E-state index in [0.29, 0.717) is 23.8 Å². The summed E-state index contributed by atoms with van der Waals surface area (Å²) in [6.07, 6.45) is 2.08. The van der Waals surface area contributed by atoms with E-state index in [0.717, 1.165) is 24.8 Å². The number of benzene rings is 2. The number of aryl methyl sites for hydroxylation is 1. The molecule has 1 aliphatic rings. The minimum atomic E-state index is -0.867. The summed E-state index contributed by atoms with van der Waals surface area (Å²) in [5.41, 5.74) is 2.82. The molecule has 2 aromatic carbocycles. The normalized spacial score (nSPS) is 16.6. The summed E-state index contributed by atoms with van der Waals surface area (Å²) in [5, 5.41) is 3.03. The molecular weight excluding hydrogens is 366 g/mol. The first-order valence-corrected chi connectivity index (χ1v) is 10.3. The van der Waals surface area contributed by atoms with Gasteiger partial charge in [0.1, 0.15) is 5.75 Å². The van der Waals surface area contributed by atoms with Gasteiger partial charge in [0.05, 0.1) is 18.2 Å². The van der Waals surface area contributed by atoms with Gasteiger partial charge in [-0.2, -0.15) is 0 Å². The third kappa shape index (κ3) is 5.59. The number of rotatable bonds is 7. The molecule has 5 nitrogen and oxygen atoms in total. The van der Waals surface area contributed by atoms with Gasteiger partial charge in [-0.25, -0.2) is 4.79 Å². The van der Waals surface area contributed by atoms with Crippen molar-refractivity contribution < 1.29 is 19.1 Å². The van der Waals surface area contributed by atoms with Gasteiger partial charge in [0.2, 0.25) is 0 Å². The summed E-state index contributed by atoms with van der Waals surface area (Å²) in [5.74, 6) is 0.330. The highest BCUT2D eigenvalue weighted by Gasteiger charge is 2.25. The fourth-order valence-corrected chi connectivity index (χ4v) is 3.43. The zero-order valence-corrected chi connectivity index (χ0v) is 17.3. The van der Waals surface area contributed by atoms with E-state index in [1.54, 1.807) is 31.2 Å². The molecule has 3 rings (SSSR count). The van der Waals surface area contributed by atoms with E-state index in [2.05, 4.69) is 31.3 Å². The first-order valence-electron chi connectivity index (χ1n) is 10.3. The summed E-state index contributed by atoms with van der Waals surface area (Å²) in [7, 11) is 0. The zero-order chi connectivity index (χ0) is 20.8. The minimum Gasteiger partial charge on any atom is -0.493 e. The quantitative estimate of drug-likeness (QED) is 0.703. The number of fused-ring (bicyclic) bond motifs is 1. The van der Waals surface area contributed by atoms with Crippen LogP contribution in [0.25, 0.3) is 0 Å². The Hall–Kier alpha value is -2.82. The Morgan fingerprint density at radius 2 is 1.79 bits per heavy atom.